The Morgan fingerprint density at radius 3 is 2.67 bits per heavy atom. The van der Waals surface area contributed by atoms with Gasteiger partial charge in [0.05, 0.1) is 0 Å². The maximum atomic E-state index is 5.77. The third-order valence-corrected chi connectivity index (χ3v) is 4.03. The second-order valence-corrected chi connectivity index (χ2v) is 5.55. The fraction of sp³-hybridized carbons (Fsp3) is 0.643. The van der Waals surface area contributed by atoms with Gasteiger partial charge in [-0.3, -0.25) is 0 Å². The minimum atomic E-state index is 0.534. The van der Waals surface area contributed by atoms with Crippen LogP contribution in [0.25, 0.3) is 0 Å². The number of hydrogen-bond acceptors (Lipinski definition) is 3. The third kappa shape index (κ3) is 3.59. The molecule has 1 fully saturated rings. The van der Waals surface area contributed by atoms with Gasteiger partial charge in [-0.1, -0.05) is 6.07 Å². The number of rotatable bonds is 4. The average Bonchev–Trinajstić information content (AvgIpc) is 2.41. The monoisotopic (exact) mass is 267 g/mol. The molecule has 0 atom stereocenters. The number of aromatic nitrogens is 1. The molecule has 0 amide bonds. The summed E-state index contributed by atoms with van der Waals surface area (Å²) in [6.45, 7) is 3.54. The van der Waals surface area contributed by atoms with E-state index in [1.54, 1.807) is 0 Å². The van der Waals surface area contributed by atoms with Gasteiger partial charge >= 0.3 is 0 Å². The topological polar surface area (TPSA) is 19.4 Å². The largest absolute Gasteiger partial charge is 0.359 e. The second kappa shape index (κ2) is 6.39. The van der Waals surface area contributed by atoms with E-state index >= 15 is 0 Å². The Kier molecular flexibility index (Phi) is 4.84. The van der Waals surface area contributed by atoms with E-state index in [0.29, 0.717) is 5.88 Å². The van der Waals surface area contributed by atoms with Gasteiger partial charge < -0.3 is 9.80 Å². The highest BCUT2D eigenvalue weighted by Gasteiger charge is 2.18. The molecule has 4 heteroatoms. The molecule has 1 aromatic heterocycles. The number of likely N-dealkylation sites (tertiary alicyclic amines) is 1. The van der Waals surface area contributed by atoms with E-state index in [4.69, 9.17) is 11.6 Å². The first-order valence-corrected chi connectivity index (χ1v) is 7.13. The molecule has 0 N–H and O–H groups in total. The summed E-state index contributed by atoms with van der Waals surface area (Å²) in [5.74, 6) is 2.37. The molecule has 1 aliphatic heterocycles. The number of anilines is 1. The SMILES string of the molecule is CN1CCC(CN(C)c2ccc(CCl)cn2)CC1. The lowest BCUT2D eigenvalue weighted by molar-refractivity contribution is 0.222. The number of piperidine rings is 1. The first-order valence-electron chi connectivity index (χ1n) is 6.59. The van der Waals surface area contributed by atoms with Gasteiger partial charge in [-0.05, 0) is 50.5 Å². The molecular weight excluding hydrogens is 246 g/mol. The maximum Gasteiger partial charge on any atom is 0.128 e. The van der Waals surface area contributed by atoms with Crippen LogP contribution < -0.4 is 4.90 Å². The van der Waals surface area contributed by atoms with Crippen molar-refractivity contribution >= 4 is 17.4 Å². The summed E-state index contributed by atoms with van der Waals surface area (Å²) in [6.07, 6.45) is 4.45. The molecule has 0 aromatic carbocycles. The van der Waals surface area contributed by atoms with Crippen LogP contribution in [-0.4, -0.2) is 43.6 Å². The molecule has 1 aliphatic rings. The smallest absolute Gasteiger partial charge is 0.128 e. The zero-order valence-electron chi connectivity index (χ0n) is 11.3. The van der Waals surface area contributed by atoms with Gasteiger partial charge in [0, 0.05) is 25.7 Å². The molecule has 2 heterocycles. The van der Waals surface area contributed by atoms with Gasteiger partial charge in [0.25, 0.3) is 0 Å². The van der Waals surface area contributed by atoms with Gasteiger partial charge in [-0.25, -0.2) is 4.98 Å². The molecular formula is C14H22ClN3. The van der Waals surface area contributed by atoms with Crippen LogP contribution in [0.15, 0.2) is 18.3 Å². The van der Waals surface area contributed by atoms with Gasteiger partial charge in [-0.15, -0.1) is 11.6 Å². The maximum absolute atomic E-state index is 5.77. The Labute approximate surface area is 115 Å². The molecule has 0 unspecified atom stereocenters. The van der Waals surface area contributed by atoms with E-state index in [1.165, 1.54) is 25.9 Å². The van der Waals surface area contributed by atoms with Crippen molar-refractivity contribution in [2.24, 2.45) is 5.92 Å². The van der Waals surface area contributed by atoms with Gasteiger partial charge in [0.15, 0.2) is 0 Å². The fourth-order valence-corrected chi connectivity index (χ4v) is 2.61. The molecule has 18 heavy (non-hydrogen) atoms. The zero-order chi connectivity index (χ0) is 13.0. The van der Waals surface area contributed by atoms with Crippen molar-refractivity contribution in [1.82, 2.24) is 9.88 Å². The number of alkyl halides is 1. The highest BCUT2D eigenvalue weighted by atomic mass is 35.5. The van der Waals surface area contributed by atoms with Crippen molar-refractivity contribution in [2.75, 3.05) is 38.6 Å². The quantitative estimate of drug-likeness (QED) is 0.782. The van der Waals surface area contributed by atoms with Crippen LogP contribution in [0.5, 0.6) is 0 Å². The lowest BCUT2D eigenvalue weighted by atomic mass is 9.97. The lowest BCUT2D eigenvalue weighted by Gasteiger charge is -2.32. The molecule has 100 valence electrons. The first-order chi connectivity index (χ1) is 8.69. The Morgan fingerprint density at radius 1 is 1.39 bits per heavy atom. The predicted octanol–water partition coefficient (Wildman–Crippen LogP) is 2.60. The van der Waals surface area contributed by atoms with Crippen molar-refractivity contribution in [2.45, 2.75) is 18.7 Å². The number of pyridine rings is 1. The molecule has 0 aliphatic carbocycles. The normalized spacial score (nSPS) is 17.9. The summed E-state index contributed by atoms with van der Waals surface area (Å²) in [5, 5.41) is 0. The van der Waals surface area contributed by atoms with Crippen LogP contribution in [0, 0.1) is 5.92 Å². The summed E-state index contributed by atoms with van der Waals surface area (Å²) in [5.41, 5.74) is 1.08. The summed E-state index contributed by atoms with van der Waals surface area (Å²) >= 11 is 5.77. The predicted molar refractivity (Wildman–Crippen MR) is 77.3 cm³/mol. The number of halogens is 1. The van der Waals surface area contributed by atoms with E-state index in [9.17, 15) is 0 Å². The molecule has 0 radical (unpaired) electrons. The van der Waals surface area contributed by atoms with E-state index in [-0.39, 0.29) is 0 Å². The van der Waals surface area contributed by atoms with Crippen molar-refractivity contribution in [1.29, 1.82) is 0 Å². The van der Waals surface area contributed by atoms with E-state index in [1.807, 2.05) is 6.20 Å². The molecule has 2 rings (SSSR count). The van der Waals surface area contributed by atoms with E-state index < -0.39 is 0 Å². The number of nitrogens with zero attached hydrogens (tertiary/aromatic N) is 3. The van der Waals surface area contributed by atoms with E-state index in [0.717, 1.165) is 23.8 Å². The zero-order valence-corrected chi connectivity index (χ0v) is 12.0. The average molecular weight is 268 g/mol. The van der Waals surface area contributed by atoms with Crippen LogP contribution >= 0.6 is 11.6 Å². The summed E-state index contributed by atoms with van der Waals surface area (Å²) < 4.78 is 0. The summed E-state index contributed by atoms with van der Waals surface area (Å²) in [4.78, 5) is 9.13. The molecule has 3 nitrogen and oxygen atoms in total. The molecule has 0 bridgehead atoms. The van der Waals surface area contributed by atoms with Crippen molar-refractivity contribution < 1.29 is 0 Å². The van der Waals surface area contributed by atoms with Gasteiger partial charge in [0.2, 0.25) is 0 Å². The Hall–Kier alpha value is -0.800. The van der Waals surface area contributed by atoms with Crippen LogP contribution in [0.3, 0.4) is 0 Å². The van der Waals surface area contributed by atoms with Crippen LogP contribution in [0.2, 0.25) is 0 Å². The molecule has 1 saturated heterocycles. The van der Waals surface area contributed by atoms with Gasteiger partial charge in [0.1, 0.15) is 5.82 Å². The minimum Gasteiger partial charge on any atom is -0.359 e. The second-order valence-electron chi connectivity index (χ2n) is 5.29. The highest BCUT2D eigenvalue weighted by Crippen LogP contribution is 2.19. The Morgan fingerprint density at radius 2 is 2.11 bits per heavy atom. The third-order valence-electron chi connectivity index (χ3n) is 3.72. The molecule has 1 aromatic rings. The number of hydrogen-bond donors (Lipinski definition) is 0. The van der Waals surface area contributed by atoms with Crippen molar-refractivity contribution in [3.63, 3.8) is 0 Å². The molecule has 0 spiro atoms. The standard InChI is InChI=1S/C14H22ClN3/c1-17-7-5-12(6-8-17)11-18(2)14-4-3-13(9-15)10-16-14/h3-4,10,12H,5-9,11H2,1-2H3. The lowest BCUT2D eigenvalue weighted by Crippen LogP contribution is -2.35. The van der Waals surface area contributed by atoms with Crippen LogP contribution in [0.4, 0.5) is 5.82 Å². The fourth-order valence-electron chi connectivity index (χ4n) is 2.45. The minimum absolute atomic E-state index is 0.534. The van der Waals surface area contributed by atoms with Crippen LogP contribution in [-0.2, 0) is 5.88 Å². The van der Waals surface area contributed by atoms with E-state index in [2.05, 4.69) is 41.0 Å². The highest BCUT2D eigenvalue weighted by molar-refractivity contribution is 6.17. The molecule has 0 saturated carbocycles. The van der Waals surface area contributed by atoms with Crippen LogP contribution in [0.1, 0.15) is 18.4 Å². The summed E-state index contributed by atoms with van der Waals surface area (Å²) in [6, 6.07) is 4.12. The summed E-state index contributed by atoms with van der Waals surface area (Å²) in [7, 11) is 4.33. The van der Waals surface area contributed by atoms with Gasteiger partial charge in [-0.2, -0.15) is 0 Å². The van der Waals surface area contributed by atoms with Crippen molar-refractivity contribution in [3.8, 4) is 0 Å². The Bertz CT molecular complexity index is 358. The van der Waals surface area contributed by atoms with Crippen molar-refractivity contribution in [3.05, 3.63) is 23.9 Å². The first kappa shape index (κ1) is 13.6. The Balaban J connectivity index is 1.88.